The molecule has 2 saturated heterocycles. The van der Waals surface area contributed by atoms with Gasteiger partial charge in [-0.15, -0.1) is 0 Å². The van der Waals surface area contributed by atoms with Crippen LogP contribution in [0.3, 0.4) is 0 Å². The molecule has 1 amide bonds. The van der Waals surface area contributed by atoms with Gasteiger partial charge in [0.15, 0.2) is 0 Å². The third-order valence-corrected chi connectivity index (χ3v) is 7.56. The van der Waals surface area contributed by atoms with Gasteiger partial charge in [0.05, 0.1) is 29.9 Å². The summed E-state index contributed by atoms with van der Waals surface area (Å²) in [6.07, 6.45) is 8.61. The highest BCUT2D eigenvalue weighted by Gasteiger charge is 2.55. The normalized spacial score (nSPS) is 29.3. The molecule has 1 aliphatic carbocycles. The number of imidazole rings is 1. The van der Waals surface area contributed by atoms with Crippen molar-refractivity contribution < 1.29 is 14.3 Å². The van der Waals surface area contributed by atoms with Crippen LogP contribution in [-0.4, -0.2) is 63.9 Å². The van der Waals surface area contributed by atoms with Crippen LogP contribution in [0.15, 0.2) is 6.33 Å². The van der Waals surface area contributed by atoms with Crippen LogP contribution in [-0.2, 0) is 26.3 Å². The van der Waals surface area contributed by atoms with Gasteiger partial charge in [-0.3, -0.25) is 14.5 Å². The van der Waals surface area contributed by atoms with Crippen molar-refractivity contribution in [2.75, 3.05) is 26.7 Å². The van der Waals surface area contributed by atoms with E-state index in [9.17, 15) is 9.59 Å². The number of carbonyl (C=O) groups excluding carboxylic acids is 2. The number of esters is 1. The number of piperidine rings is 1. The molecular weight excluding hydrogens is 344 g/mol. The molecule has 0 unspecified atom stereocenters. The maximum atomic E-state index is 13.3. The van der Waals surface area contributed by atoms with Crippen molar-refractivity contribution in [2.45, 2.75) is 62.5 Å². The third kappa shape index (κ3) is 2.47. The van der Waals surface area contributed by atoms with E-state index < -0.39 is 5.60 Å². The maximum absolute atomic E-state index is 13.3. The summed E-state index contributed by atoms with van der Waals surface area (Å²) >= 11 is 0. The Balaban J connectivity index is 1.34. The number of likely N-dealkylation sites (N-methyl/N-ethyl adjacent to an activating group) is 1. The highest BCUT2D eigenvalue weighted by Crippen LogP contribution is 2.47. The lowest BCUT2D eigenvalue weighted by molar-refractivity contribution is -0.152. The Hall–Kier alpha value is -1.89. The quantitative estimate of drug-likeness (QED) is 0.758. The second-order valence-corrected chi connectivity index (χ2v) is 8.76. The number of aromatic nitrogens is 2. The Morgan fingerprint density at radius 3 is 2.70 bits per heavy atom. The fourth-order valence-electron chi connectivity index (χ4n) is 5.95. The average molecular weight is 372 g/mol. The monoisotopic (exact) mass is 372 g/mol. The molecule has 0 bridgehead atoms. The zero-order valence-electron chi connectivity index (χ0n) is 16.0. The lowest BCUT2D eigenvalue weighted by Gasteiger charge is -2.49. The Labute approximate surface area is 159 Å². The minimum atomic E-state index is -0.514. The van der Waals surface area contributed by atoms with E-state index >= 15 is 0 Å². The largest absolute Gasteiger partial charge is 0.458 e. The van der Waals surface area contributed by atoms with Gasteiger partial charge in [0, 0.05) is 31.7 Å². The zero-order valence-corrected chi connectivity index (χ0v) is 16.0. The summed E-state index contributed by atoms with van der Waals surface area (Å²) in [5, 5.41) is 0. The van der Waals surface area contributed by atoms with Gasteiger partial charge >= 0.3 is 5.97 Å². The second kappa shape index (κ2) is 6.06. The van der Waals surface area contributed by atoms with E-state index in [-0.39, 0.29) is 29.8 Å². The van der Waals surface area contributed by atoms with E-state index in [1.807, 2.05) is 4.90 Å². The SMILES string of the molecule is CN1CCc2[nH]cnc2C12CCN(C(=O)[C@@H]1CC(=O)OC13CCCC3)CC2. The number of fused-ring (bicyclic) bond motifs is 2. The van der Waals surface area contributed by atoms with E-state index in [4.69, 9.17) is 4.74 Å². The first-order valence-corrected chi connectivity index (χ1v) is 10.3. The van der Waals surface area contributed by atoms with Crippen LogP contribution in [0.5, 0.6) is 0 Å². The van der Waals surface area contributed by atoms with Gasteiger partial charge in [-0.1, -0.05) is 0 Å². The number of hydrogen-bond donors (Lipinski definition) is 1. The molecule has 27 heavy (non-hydrogen) atoms. The highest BCUT2D eigenvalue weighted by molar-refractivity contribution is 5.88. The van der Waals surface area contributed by atoms with Crippen molar-refractivity contribution in [3.63, 3.8) is 0 Å². The molecule has 7 heteroatoms. The molecule has 3 aliphatic heterocycles. The summed E-state index contributed by atoms with van der Waals surface area (Å²) in [5.74, 6) is -0.359. The van der Waals surface area contributed by atoms with Crippen LogP contribution in [0.4, 0.5) is 0 Å². The third-order valence-electron chi connectivity index (χ3n) is 7.56. The van der Waals surface area contributed by atoms with Crippen molar-refractivity contribution in [1.82, 2.24) is 19.8 Å². The number of nitrogens with zero attached hydrogens (tertiary/aromatic N) is 3. The maximum Gasteiger partial charge on any atom is 0.307 e. The van der Waals surface area contributed by atoms with E-state index in [1.165, 1.54) is 5.69 Å². The Morgan fingerprint density at radius 2 is 1.96 bits per heavy atom. The topological polar surface area (TPSA) is 78.5 Å². The van der Waals surface area contributed by atoms with Crippen molar-refractivity contribution in [1.29, 1.82) is 0 Å². The molecule has 7 nitrogen and oxygen atoms in total. The summed E-state index contributed by atoms with van der Waals surface area (Å²) < 4.78 is 5.69. The Morgan fingerprint density at radius 1 is 1.22 bits per heavy atom. The van der Waals surface area contributed by atoms with Gasteiger partial charge < -0.3 is 14.6 Å². The van der Waals surface area contributed by atoms with Crippen LogP contribution < -0.4 is 0 Å². The summed E-state index contributed by atoms with van der Waals surface area (Å²) in [5.41, 5.74) is 1.82. The van der Waals surface area contributed by atoms with Gasteiger partial charge in [-0.05, 0) is 45.6 Å². The van der Waals surface area contributed by atoms with Crippen molar-refractivity contribution in [3.05, 3.63) is 17.7 Å². The van der Waals surface area contributed by atoms with E-state index in [1.54, 1.807) is 6.33 Å². The molecule has 4 heterocycles. The molecular formula is C20H28N4O3. The molecule has 5 rings (SSSR count). The van der Waals surface area contributed by atoms with Crippen molar-refractivity contribution in [3.8, 4) is 0 Å². The fraction of sp³-hybridized carbons (Fsp3) is 0.750. The summed E-state index contributed by atoms with van der Waals surface area (Å²) in [6, 6.07) is 0. The molecule has 1 atom stereocenters. The predicted octanol–water partition coefficient (Wildman–Crippen LogP) is 1.59. The van der Waals surface area contributed by atoms with Gasteiger partial charge in [0.2, 0.25) is 5.91 Å². The number of amides is 1. The van der Waals surface area contributed by atoms with Crippen molar-refractivity contribution in [2.24, 2.45) is 5.92 Å². The average Bonchev–Trinajstić information content (AvgIpc) is 3.40. The van der Waals surface area contributed by atoms with Gasteiger partial charge in [-0.2, -0.15) is 0 Å². The molecule has 1 N–H and O–H groups in total. The molecule has 3 fully saturated rings. The molecule has 1 saturated carbocycles. The first-order chi connectivity index (χ1) is 13.0. The molecule has 0 aromatic carbocycles. The number of nitrogens with one attached hydrogen (secondary N) is 1. The molecule has 146 valence electrons. The second-order valence-electron chi connectivity index (χ2n) is 8.76. The van der Waals surface area contributed by atoms with Crippen molar-refractivity contribution >= 4 is 11.9 Å². The van der Waals surface area contributed by atoms with E-state index in [0.717, 1.165) is 70.3 Å². The number of ether oxygens (including phenoxy) is 1. The lowest BCUT2D eigenvalue weighted by Crippen LogP contribution is -2.57. The van der Waals surface area contributed by atoms with Gasteiger partial charge in [0.25, 0.3) is 0 Å². The minimum absolute atomic E-state index is 0.0720. The first kappa shape index (κ1) is 17.2. The van der Waals surface area contributed by atoms with Crippen LogP contribution >= 0.6 is 0 Å². The van der Waals surface area contributed by atoms with Crippen LogP contribution in [0.1, 0.15) is 56.3 Å². The van der Waals surface area contributed by atoms with Crippen LogP contribution in [0.2, 0.25) is 0 Å². The number of rotatable bonds is 1. The summed E-state index contributed by atoms with van der Waals surface area (Å²) in [4.78, 5) is 37.6. The Bertz CT molecular complexity index is 759. The fourth-order valence-corrected chi connectivity index (χ4v) is 5.95. The highest BCUT2D eigenvalue weighted by atomic mass is 16.6. The summed E-state index contributed by atoms with van der Waals surface area (Å²) in [6.45, 7) is 2.45. The number of H-pyrrole nitrogens is 1. The first-order valence-electron chi connectivity index (χ1n) is 10.3. The smallest absolute Gasteiger partial charge is 0.307 e. The number of carbonyl (C=O) groups is 2. The molecule has 0 radical (unpaired) electrons. The van der Waals surface area contributed by atoms with Gasteiger partial charge in [0.1, 0.15) is 5.60 Å². The predicted molar refractivity (Wildman–Crippen MR) is 97.8 cm³/mol. The lowest BCUT2D eigenvalue weighted by atomic mass is 9.78. The molecule has 1 aromatic rings. The van der Waals surface area contributed by atoms with E-state index in [0.29, 0.717) is 0 Å². The standard InChI is InChI=1S/C20H28N4O3/c1-23-9-4-15-17(22-13-21-15)19(23)7-10-24(11-8-19)18(26)14-12-16(25)27-20(14)5-2-3-6-20/h13-14H,2-12H2,1H3,(H,21,22)/t14-/m0/s1. The molecule has 1 aromatic heterocycles. The Kier molecular flexibility index (Phi) is 3.86. The number of likely N-dealkylation sites (tertiary alicyclic amines) is 1. The zero-order chi connectivity index (χ0) is 18.6. The number of hydrogen-bond acceptors (Lipinski definition) is 5. The van der Waals surface area contributed by atoms with Crippen LogP contribution in [0, 0.1) is 5.92 Å². The number of aromatic amines is 1. The molecule has 4 aliphatic rings. The molecule has 2 spiro atoms. The van der Waals surface area contributed by atoms with Crippen LogP contribution in [0.25, 0.3) is 0 Å². The van der Waals surface area contributed by atoms with E-state index in [2.05, 4.69) is 21.9 Å². The minimum Gasteiger partial charge on any atom is -0.458 e. The summed E-state index contributed by atoms with van der Waals surface area (Å²) in [7, 11) is 2.17. The van der Waals surface area contributed by atoms with Gasteiger partial charge in [-0.25, -0.2) is 4.98 Å².